The molecule has 0 bridgehead atoms. The number of fused-ring (bicyclic) bond motifs is 3. The Morgan fingerprint density at radius 1 is 1.21 bits per heavy atom. The van der Waals surface area contributed by atoms with Gasteiger partial charge >= 0.3 is 0 Å². The summed E-state index contributed by atoms with van der Waals surface area (Å²) in [7, 11) is 0. The number of aromatic nitrogens is 2. The van der Waals surface area contributed by atoms with Gasteiger partial charge in [-0.1, -0.05) is 6.07 Å². The van der Waals surface area contributed by atoms with Crippen molar-refractivity contribution in [2.75, 3.05) is 17.2 Å². The molecule has 1 aliphatic rings. The normalized spacial score (nSPS) is 15.1. The number of ether oxygens (including phenoxy) is 1. The average Bonchev–Trinajstić information content (AvgIpc) is 3.66. The molecule has 0 spiro atoms. The van der Waals surface area contributed by atoms with Crippen LogP contribution in [0.2, 0.25) is 0 Å². The van der Waals surface area contributed by atoms with Gasteiger partial charge in [0.2, 0.25) is 0 Å². The van der Waals surface area contributed by atoms with Crippen molar-refractivity contribution in [1.29, 1.82) is 5.41 Å². The fraction of sp³-hybridized carbons (Fsp3) is 0.120. The number of carbonyl (C=O) groups is 1. The topological polar surface area (TPSA) is 112 Å². The fourth-order valence-corrected chi connectivity index (χ4v) is 3.75. The number of hydrogen-bond acceptors (Lipinski definition) is 6. The van der Waals surface area contributed by atoms with Crippen LogP contribution >= 0.6 is 0 Å². The zero-order valence-corrected chi connectivity index (χ0v) is 17.8. The van der Waals surface area contributed by atoms with Gasteiger partial charge < -0.3 is 20.8 Å². The van der Waals surface area contributed by atoms with Crippen LogP contribution in [0.15, 0.2) is 71.8 Å². The number of allylic oxidation sites excluding steroid dienone is 1. The van der Waals surface area contributed by atoms with Crippen LogP contribution in [0.5, 0.6) is 0 Å². The molecule has 2 aromatic carbocycles. The molecule has 1 amide bonds. The van der Waals surface area contributed by atoms with E-state index in [-0.39, 0.29) is 11.5 Å². The molecule has 3 N–H and O–H groups in total. The number of rotatable bonds is 6. The van der Waals surface area contributed by atoms with Gasteiger partial charge in [-0.25, -0.2) is 0 Å². The van der Waals surface area contributed by atoms with Crippen LogP contribution in [0, 0.1) is 12.3 Å². The summed E-state index contributed by atoms with van der Waals surface area (Å²) >= 11 is 0. The van der Waals surface area contributed by atoms with Gasteiger partial charge in [0, 0.05) is 46.8 Å². The Morgan fingerprint density at radius 3 is 2.85 bits per heavy atom. The van der Waals surface area contributed by atoms with Gasteiger partial charge in [-0.15, -0.1) is 0 Å². The maximum Gasteiger partial charge on any atom is 0.255 e. The third kappa shape index (κ3) is 3.99. The summed E-state index contributed by atoms with van der Waals surface area (Å²) in [6, 6.07) is 14.5. The molecule has 0 radical (unpaired) electrons. The smallest absolute Gasteiger partial charge is 0.255 e. The van der Waals surface area contributed by atoms with Gasteiger partial charge in [0.1, 0.15) is 0 Å². The molecule has 8 heteroatoms. The third-order valence-corrected chi connectivity index (χ3v) is 5.52. The van der Waals surface area contributed by atoms with Gasteiger partial charge in [0.05, 0.1) is 23.3 Å². The summed E-state index contributed by atoms with van der Waals surface area (Å²) in [6.45, 7) is 2.33. The predicted octanol–water partition coefficient (Wildman–Crippen LogP) is 3.76. The zero-order chi connectivity index (χ0) is 22.9. The minimum Gasteiger partial charge on any atom is -0.363 e. The monoisotopic (exact) mass is 439 g/mol. The van der Waals surface area contributed by atoms with E-state index >= 15 is 0 Å². The Morgan fingerprint density at radius 2 is 2.06 bits per heavy atom. The molecule has 33 heavy (non-hydrogen) atoms. The van der Waals surface area contributed by atoms with E-state index in [2.05, 4.69) is 15.6 Å². The highest BCUT2D eigenvalue weighted by atomic mass is 16.6. The highest BCUT2D eigenvalue weighted by molar-refractivity contribution is 6.05. The standard InChI is InChI=1S/C25H21N5O3/c1-15-3-6-18(12-21(15)29-25(32)22-14-33-22)30-23(31)8-4-16-13-28-20-7-5-17(27-10-2-9-26)11-19(20)24(16)30/h2-13,22,26-27H,14H2,1H3,(H,29,32)/b10-2-,26-9?. The Labute approximate surface area is 189 Å². The van der Waals surface area contributed by atoms with Crippen LogP contribution in [0.4, 0.5) is 11.4 Å². The summed E-state index contributed by atoms with van der Waals surface area (Å²) in [6.07, 6.45) is 5.77. The third-order valence-electron chi connectivity index (χ3n) is 5.52. The number of amides is 1. The SMILES string of the molecule is Cc1ccc(-n2c(=O)ccc3cnc4ccc(N/C=C\C=N)cc4c32)cc1NC(=O)C1CO1. The van der Waals surface area contributed by atoms with Gasteiger partial charge in [-0.3, -0.25) is 19.1 Å². The zero-order valence-electron chi connectivity index (χ0n) is 17.8. The van der Waals surface area contributed by atoms with Gasteiger partial charge in [-0.2, -0.15) is 0 Å². The number of hydrogen-bond donors (Lipinski definition) is 3. The van der Waals surface area contributed by atoms with Gasteiger partial charge in [0.15, 0.2) is 6.10 Å². The molecular weight excluding hydrogens is 418 g/mol. The number of epoxide rings is 1. The molecule has 0 saturated carbocycles. The molecule has 4 aromatic rings. The van der Waals surface area contributed by atoms with E-state index < -0.39 is 6.10 Å². The molecule has 2 aromatic heterocycles. The maximum atomic E-state index is 13.1. The second-order valence-electron chi connectivity index (χ2n) is 7.78. The minimum atomic E-state index is -0.407. The van der Waals surface area contributed by atoms with Crippen molar-refractivity contribution in [1.82, 2.24) is 9.55 Å². The lowest BCUT2D eigenvalue weighted by molar-refractivity contribution is -0.117. The van der Waals surface area contributed by atoms with Gasteiger partial charge in [0.25, 0.3) is 11.5 Å². The molecule has 3 heterocycles. The molecule has 5 rings (SSSR count). The van der Waals surface area contributed by atoms with E-state index in [1.807, 2.05) is 37.3 Å². The number of pyridine rings is 2. The van der Waals surface area contributed by atoms with Crippen molar-refractivity contribution in [3.63, 3.8) is 0 Å². The highest BCUT2D eigenvalue weighted by Gasteiger charge is 2.31. The van der Waals surface area contributed by atoms with Crippen molar-refractivity contribution < 1.29 is 9.53 Å². The summed E-state index contributed by atoms with van der Waals surface area (Å²) < 4.78 is 6.71. The molecule has 164 valence electrons. The Balaban J connectivity index is 1.70. The van der Waals surface area contributed by atoms with Crippen LogP contribution in [-0.4, -0.2) is 34.4 Å². The van der Waals surface area contributed by atoms with E-state index in [9.17, 15) is 9.59 Å². The fourth-order valence-electron chi connectivity index (χ4n) is 3.75. The first kappa shape index (κ1) is 20.6. The lowest BCUT2D eigenvalue weighted by Crippen LogP contribution is -2.20. The largest absolute Gasteiger partial charge is 0.363 e. The maximum absolute atomic E-state index is 13.1. The van der Waals surface area contributed by atoms with E-state index in [0.29, 0.717) is 18.0 Å². The molecule has 1 unspecified atom stereocenters. The number of aryl methyl sites for hydroxylation is 1. The first-order chi connectivity index (χ1) is 16.0. The number of anilines is 2. The lowest BCUT2D eigenvalue weighted by Gasteiger charge is -2.15. The molecule has 1 aliphatic heterocycles. The number of nitrogens with zero attached hydrogens (tertiary/aromatic N) is 2. The van der Waals surface area contributed by atoms with Crippen molar-refractivity contribution >= 4 is 45.3 Å². The number of nitrogens with one attached hydrogen (secondary N) is 3. The van der Waals surface area contributed by atoms with Crippen molar-refractivity contribution in [3.05, 3.63) is 82.9 Å². The first-order valence-electron chi connectivity index (χ1n) is 10.5. The molecule has 8 nitrogen and oxygen atoms in total. The number of carbonyl (C=O) groups excluding carboxylic acids is 1. The molecular formula is C25H21N5O3. The molecule has 1 atom stereocenters. The van der Waals surface area contributed by atoms with E-state index in [1.54, 1.807) is 35.2 Å². The Kier molecular flexibility index (Phi) is 5.20. The van der Waals surface area contributed by atoms with Crippen LogP contribution in [0.3, 0.4) is 0 Å². The summed E-state index contributed by atoms with van der Waals surface area (Å²) in [5, 5.41) is 14.8. The van der Waals surface area contributed by atoms with Crippen LogP contribution in [-0.2, 0) is 9.53 Å². The van der Waals surface area contributed by atoms with Crippen molar-refractivity contribution in [2.24, 2.45) is 0 Å². The Bertz CT molecular complexity index is 1500. The minimum absolute atomic E-state index is 0.191. The van der Waals surface area contributed by atoms with Crippen LogP contribution < -0.4 is 16.2 Å². The highest BCUT2D eigenvalue weighted by Crippen LogP contribution is 2.29. The number of benzene rings is 2. The summed E-state index contributed by atoms with van der Waals surface area (Å²) in [4.78, 5) is 29.9. The van der Waals surface area contributed by atoms with Crippen molar-refractivity contribution in [2.45, 2.75) is 13.0 Å². The van der Waals surface area contributed by atoms with Crippen molar-refractivity contribution in [3.8, 4) is 5.69 Å². The second kappa shape index (κ2) is 8.33. The molecule has 0 aliphatic carbocycles. The van der Waals surface area contributed by atoms with Gasteiger partial charge in [-0.05, 0) is 55.0 Å². The molecule has 1 saturated heterocycles. The summed E-state index contributed by atoms with van der Waals surface area (Å²) in [5.41, 5.74) is 4.24. The quantitative estimate of drug-likeness (QED) is 0.241. The average molecular weight is 439 g/mol. The Hall–Kier alpha value is -4.30. The van der Waals surface area contributed by atoms with E-state index in [0.717, 1.165) is 33.1 Å². The lowest BCUT2D eigenvalue weighted by atomic mass is 10.1. The van der Waals surface area contributed by atoms with Crippen LogP contribution in [0.1, 0.15) is 5.56 Å². The van der Waals surface area contributed by atoms with E-state index in [1.165, 1.54) is 12.3 Å². The van der Waals surface area contributed by atoms with E-state index in [4.69, 9.17) is 10.1 Å². The van der Waals surface area contributed by atoms with Crippen LogP contribution in [0.25, 0.3) is 27.5 Å². The summed E-state index contributed by atoms with van der Waals surface area (Å²) in [5.74, 6) is -0.191. The first-order valence-corrected chi connectivity index (χ1v) is 10.5. The second-order valence-corrected chi connectivity index (χ2v) is 7.78. The molecule has 1 fully saturated rings. The predicted molar refractivity (Wildman–Crippen MR) is 129 cm³/mol.